The molecule has 12 nitrogen and oxygen atoms in total. The summed E-state index contributed by atoms with van der Waals surface area (Å²) in [5.41, 5.74) is 0. The molecule has 6 atom stereocenters. The van der Waals surface area contributed by atoms with Crippen molar-refractivity contribution in [2.75, 3.05) is 26.4 Å². The maximum absolute atomic E-state index is 12.8. The highest BCUT2D eigenvalue weighted by molar-refractivity contribution is 7.80. The van der Waals surface area contributed by atoms with E-state index < -0.39 is 59.8 Å². The first-order valence-corrected chi connectivity index (χ1v) is 24.2. The molecule has 1 heterocycles. The van der Waals surface area contributed by atoms with Gasteiger partial charge in [-0.1, -0.05) is 144 Å². The van der Waals surface area contributed by atoms with Crippen molar-refractivity contribution in [3.05, 3.63) is 85.1 Å². The minimum Gasteiger partial charge on any atom is -0.457 e. The summed E-state index contributed by atoms with van der Waals surface area (Å²) < 4.78 is 59.0. The van der Waals surface area contributed by atoms with Crippen LogP contribution in [0.25, 0.3) is 0 Å². The molecule has 1 aliphatic rings. The number of unbranched alkanes of at least 4 members (excludes halogenated alkanes) is 11. The van der Waals surface area contributed by atoms with Gasteiger partial charge in [0.1, 0.15) is 30.5 Å². The van der Waals surface area contributed by atoms with Crippen molar-refractivity contribution in [3.63, 3.8) is 0 Å². The quantitative estimate of drug-likeness (QED) is 0.0200. The van der Waals surface area contributed by atoms with Gasteiger partial charge in [0.05, 0.1) is 19.8 Å². The number of carbonyl (C=O) groups excluding carboxylic acids is 1. The molecule has 0 aromatic carbocycles. The number of rotatable bonds is 38. The Morgan fingerprint density at radius 3 is 1.66 bits per heavy atom. The standard InChI is InChI=1S/C48H80O12S/c1-3-5-7-9-11-13-15-17-19-20-21-22-23-24-26-28-30-32-34-36-38-56-40-42(41-57-48-46(52)47(60-61(53,54)55)45(51)43(39-49)59-48)58-44(50)37-35-33-31-29-27-25-18-16-14-12-10-8-6-4-2/h5,7,10-13,16-19,21-22,24,26,42-43,45-49,51-52H,3-4,6,8-9,14-15,20,23,25,27-41H2,1-2H3,(H,53,54,55)/b7-5-,12-10-,13-11-,18-16-,19-17-,22-21-,26-24-. The second-order valence-electron chi connectivity index (χ2n) is 15.3. The van der Waals surface area contributed by atoms with Gasteiger partial charge in [0.25, 0.3) is 0 Å². The molecule has 1 saturated heterocycles. The molecule has 0 spiro atoms. The second kappa shape index (κ2) is 38.9. The molecule has 0 bridgehead atoms. The minimum absolute atomic E-state index is 0.00758. The molecule has 6 unspecified atom stereocenters. The summed E-state index contributed by atoms with van der Waals surface area (Å²) in [6, 6.07) is 0. The lowest BCUT2D eigenvalue weighted by molar-refractivity contribution is -0.301. The summed E-state index contributed by atoms with van der Waals surface area (Å²) in [5.74, 6) is -0.427. The predicted molar refractivity (Wildman–Crippen MR) is 243 cm³/mol. The first kappa shape index (κ1) is 56.3. The lowest BCUT2D eigenvalue weighted by Gasteiger charge is -2.41. The van der Waals surface area contributed by atoms with E-state index in [1.54, 1.807) is 0 Å². The summed E-state index contributed by atoms with van der Waals surface area (Å²) in [6.45, 7) is 3.73. The Labute approximate surface area is 368 Å². The zero-order chi connectivity index (χ0) is 44.7. The van der Waals surface area contributed by atoms with E-state index >= 15 is 0 Å². The highest BCUT2D eigenvalue weighted by atomic mass is 32.3. The highest BCUT2D eigenvalue weighted by Gasteiger charge is 2.48. The van der Waals surface area contributed by atoms with Crippen LogP contribution in [0.1, 0.15) is 149 Å². The van der Waals surface area contributed by atoms with Crippen LogP contribution in [0.2, 0.25) is 0 Å². The predicted octanol–water partition coefficient (Wildman–Crippen LogP) is 9.68. The average Bonchev–Trinajstić information content (AvgIpc) is 3.23. The first-order chi connectivity index (χ1) is 29.6. The summed E-state index contributed by atoms with van der Waals surface area (Å²) in [6.07, 6.45) is 41.8. The number of allylic oxidation sites excluding steroid dienone is 14. The van der Waals surface area contributed by atoms with E-state index in [0.717, 1.165) is 109 Å². The van der Waals surface area contributed by atoms with Gasteiger partial charge in [0.2, 0.25) is 0 Å². The van der Waals surface area contributed by atoms with Gasteiger partial charge in [-0.05, 0) is 83.5 Å². The number of hydrogen-bond donors (Lipinski definition) is 4. The smallest absolute Gasteiger partial charge is 0.397 e. The third-order valence-electron chi connectivity index (χ3n) is 9.75. The molecular weight excluding hydrogens is 801 g/mol. The molecule has 1 aliphatic heterocycles. The van der Waals surface area contributed by atoms with Crippen LogP contribution in [-0.2, 0) is 38.3 Å². The van der Waals surface area contributed by atoms with Crippen molar-refractivity contribution in [1.29, 1.82) is 0 Å². The lowest BCUT2D eigenvalue weighted by atomic mass is 9.99. The van der Waals surface area contributed by atoms with E-state index in [-0.39, 0.29) is 19.6 Å². The minimum atomic E-state index is -5.07. The van der Waals surface area contributed by atoms with Crippen molar-refractivity contribution in [2.24, 2.45) is 0 Å². The van der Waals surface area contributed by atoms with E-state index in [0.29, 0.717) is 13.0 Å². The van der Waals surface area contributed by atoms with E-state index in [1.165, 1.54) is 12.8 Å². The third kappa shape index (κ3) is 32.6. The number of esters is 1. The lowest BCUT2D eigenvalue weighted by Crippen LogP contribution is -2.60. The number of aliphatic hydroxyl groups is 3. The molecule has 0 aliphatic carbocycles. The van der Waals surface area contributed by atoms with Crippen LogP contribution < -0.4 is 0 Å². The third-order valence-corrected chi connectivity index (χ3v) is 10.2. The summed E-state index contributed by atoms with van der Waals surface area (Å²) in [5, 5.41) is 30.7. The fraction of sp³-hybridized carbons (Fsp3) is 0.688. The van der Waals surface area contributed by atoms with Crippen LogP contribution in [0, 0.1) is 0 Å². The van der Waals surface area contributed by atoms with Gasteiger partial charge >= 0.3 is 16.4 Å². The molecule has 350 valence electrons. The van der Waals surface area contributed by atoms with E-state index in [2.05, 4.69) is 103 Å². The number of hydrogen-bond acceptors (Lipinski definition) is 11. The van der Waals surface area contributed by atoms with E-state index in [4.69, 9.17) is 23.5 Å². The largest absolute Gasteiger partial charge is 0.457 e. The Hall–Kier alpha value is -2.72. The van der Waals surface area contributed by atoms with Gasteiger partial charge in [0, 0.05) is 13.0 Å². The van der Waals surface area contributed by atoms with Crippen molar-refractivity contribution in [3.8, 4) is 0 Å². The van der Waals surface area contributed by atoms with Crippen LogP contribution in [-0.4, -0.2) is 97.5 Å². The Kier molecular flexibility index (Phi) is 35.9. The van der Waals surface area contributed by atoms with Gasteiger partial charge in [-0.2, -0.15) is 8.42 Å². The van der Waals surface area contributed by atoms with Crippen molar-refractivity contribution in [2.45, 2.75) is 185 Å². The second-order valence-corrected chi connectivity index (χ2v) is 16.3. The summed E-state index contributed by atoms with van der Waals surface area (Å²) >= 11 is 0. The number of ether oxygens (including phenoxy) is 4. The van der Waals surface area contributed by atoms with Crippen LogP contribution in [0.4, 0.5) is 0 Å². The van der Waals surface area contributed by atoms with Crippen molar-refractivity contribution in [1.82, 2.24) is 0 Å². The van der Waals surface area contributed by atoms with Crippen molar-refractivity contribution >= 4 is 16.4 Å². The van der Waals surface area contributed by atoms with Gasteiger partial charge in [-0.25, -0.2) is 4.18 Å². The average molecular weight is 881 g/mol. The zero-order valence-corrected chi connectivity index (χ0v) is 38.0. The molecule has 0 aromatic rings. The highest BCUT2D eigenvalue weighted by Crippen LogP contribution is 2.26. The number of aliphatic hydroxyl groups excluding tert-OH is 3. The molecule has 0 aromatic heterocycles. The molecule has 0 saturated carbocycles. The summed E-state index contributed by atoms with van der Waals surface area (Å²) in [7, 11) is -5.07. The first-order valence-electron chi connectivity index (χ1n) is 22.8. The molecule has 13 heteroatoms. The Morgan fingerprint density at radius 1 is 0.639 bits per heavy atom. The Balaban J connectivity index is 2.46. The zero-order valence-electron chi connectivity index (χ0n) is 37.2. The fourth-order valence-electron chi connectivity index (χ4n) is 6.30. The molecule has 4 N–H and O–H groups in total. The van der Waals surface area contributed by atoms with E-state index in [1.807, 2.05) is 0 Å². The molecular formula is C48H80O12S. The molecule has 1 fully saturated rings. The van der Waals surface area contributed by atoms with Gasteiger partial charge in [-0.3, -0.25) is 9.35 Å². The maximum Gasteiger partial charge on any atom is 0.397 e. The number of carbonyl (C=O) groups is 1. The van der Waals surface area contributed by atoms with Crippen LogP contribution in [0.3, 0.4) is 0 Å². The molecule has 1 rings (SSSR count). The van der Waals surface area contributed by atoms with Gasteiger partial charge in [-0.15, -0.1) is 0 Å². The summed E-state index contributed by atoms with van der Waals surface area (Å²) in [4.78, 5) is 12.8. The van der Waals surface area contributed by atoms with E-state index in [9.17, 15) is 28.5 Å². The molecule has 61 heavy (non-hydrogen) atoms. The maximum atomic E-state index is 12.8. The normalized spacial score (nSPS) is 20.9. The Bertz CT molecular complexity index is 1390. The Morgan fingerprint density at radius 2 is 1.13 bits per heavy atom. The molecule has 0 amide bonds. The van der Waals surface area contributed by atoms with Crippen LogP contribution >= 0.6 is 0 Å². The van der Waals surface area contributed by atoms with Gasteiger partial charge < -0.3 is 34.3 Å². The SMILES string of the molecule is CC/C=C\C/C=C\C/C=C\C/C=C\C/C=C\CCCCCCOCC(COC1OC(CO)C(O)C(OS(=O)(=O)O)C1O)OC(=O)CCCCCCC/C=C\C/C=C\CCCC. The molecule has 0 radical (unpaired) electrons. The fourth-order valence-corrected chi connectivity index (χ4v) is 6.81. The van der Waals surface area contributed by atoms with Crippen LogP contribution in [0.15, 0.2) is 85.1 Å². The van der Waals surface area contributed by atoms with Crippen LogP contribution in [0.5, 0.6) is 0 Å². The monoisotopic (exact) mass is 881 g/mol. The van der Waals surface area contributed by atoms with Gasteiger partial charge in [0.15, 0.2) is 6.29 Å². The topological polar surface area (TPSA) is 178 Å². The van der Waals surface area contributed by atoms with Crippen molar-refractivity contribution < 1.29 is 56.2 Å².